The number of hydrogen-bond donors (Lipinski definition) is 0. The lowest BCUT2D eigenvalue weighted by Gasteiger charge is -2.22. The van der Waals surface area contributed by atoms with Crippen molar-refractivity contribution in [3.05, 3.63) is 76.3 Å². The summed E-state index contributed by atoms with van der Waals surface area (Å²) in [5, 5.41) is 1.88. The SMILES string of the molecule is CC(=O)[C@]12C(=O)Oc3ccc4ccccc4c3[C@@H]1[C@@]2(C)C(=O)c1ccc(Br)cc1. The third-order valence-electron chi connectivity index (χ3n) is 6.62. The Morgan fingerprint density at radius 1 is 1.00 bits per heavy atom. The maximum atomic E-state index is 13.6. The second-order valence-electron chi connectivity index (χ2n) is 7.92. The maximum absolute atomic E-state index is 13.6. The predicted octanol–water partition coefficient (Wildman–Crippen LogP) is 5.08. The maximum Gasteiger partial charge on any atom is 0.326 e. The molecule has 0 radical (unpaired) electrons. The molecule has 4 nitrogen and oxygen atoms in total. The van der Waals surface area contributed by atoms with Gasteiger partial charge in [0.25, 0.3) is 0 Å². The molecule has 5 heteroatoms. The smallest absolute Gasteiger partial charge is 0.326 e. The van der Waals surface area contributed by atoms with Crippen molar-refractivity contribution in [1.82, 2.24) is 0 Å². The van der Waals surface area contributed by atoms with E-state index in [1.165, 1.54) is 6.92 Å². The molecule has 5 rings (SSSR count). The Bertz CT molecular complexity index is 1230. The minimum absolute atomic E-state index is 0.220. The Morgan fingerprint density at radius 2 is 1.69 bits per heavy atom. The average Bonchev–Trinajstić information content (AvgIpc) is 3.31. The topological polar surface area (TPSA) is 60.4 Å². The van der Waals surface area contributed by atoms with Crippen LogP contribution in [0.2, 0.25) is 0 Å². The van der Waals surface area contributed by atoms with E-state index in [-0.39, 0.29) is 11.6 Å². The second-order valence-corrected chi connectivity index (χ2v) is 8.84. The molecule has 3 atom stereocenters. The second kappa shape index (κ2) is 5.86. The van der Waals surface area contributed by atoms with E-state index >= 15 is 0 Å². The largest absolute Gasteiger partial charge is 0.425 e. The monoisotopic (exact) mass is 448 g/mol. The van der Waals surface area contributed by atoms with Crippen molar-refractivity contribution >= 4 is 44.2 Å². The van der Waals surface area contributed by atoms with Gasteiger partial charge in [0.15, 0.2) is 5.78 Å². The highest BCUT2D eigenvalue weighted by Crippen LogP contribution is 2.79. The van der Waals surface area contributed by atoms with Crippen molar-refractivity contribution in [3.63, 3.8) is 0 Å². The number of Topliss-reactive ketones (excluding diaryl/α,β-unsaturated/α-hetero) is 2. The molecule has 1 heterocycles. The van der Waals surface area contributed by atoms with Crippen LogP contribution in [-0.4, -0.2) is 17.5 Å². The minimum atomic E-state index is -1.49. The number of benzene rings is 3. The van der Waals surface area contributed by atoms with Gasteiger partial charge < -0.3 is 4.74 Å². The number of hydrogen-bond acceptors (Lipinski definition) is 4. The number of ketones is 2. The molecule has 1 fully saturated rings. The molecule has 0 saturated heterocycles. The van der Waals surface area contributed by atoms with E-state index in [4.69, 9.17) is 4.74 Å². The van der Waals surface area contributed by atoms with Crippen molar-refractivity contribution in [2.45, 2.75) is 19.8 Å². The van der Waals surface area contributed by atoms with E-state index in [1.807, 2.05) is 30.3 Å². The molecule has 144 valence electrons. The molecule has 0 N–H and O–H groups in total. The number of carbonyl (C=O) groups excluding carboxylic acids is 3. The molecular formula is C24H17BrO4. The van der Waals surface area contributed by atoms with Crippen molar-refractivity contribution in [2.24, 2.45) is 10.8 Å². The van der Waals surface area contributed by atoms with E-state index in [2.05, 4.69) is 15.9 Å². The van der Waals surface area contributed by atoms with Gasteiger partial charge in [0, 0.05) is 21.5 Å². The Hall–Kier alpha value is -2.79. The van der Waals surface area contributed by atoms with Gasteiger partial charge in [-0.2, -0.15) is 0 Å². The number of carbonyl (C=O) groups is 3. The fourth-order valence-electron chi connectivity index (χ4n) is 5.22. The zero-order valence-electron chi connectivity index (χ0n) is 15.9. The summed E-state index contributed by atoms with van der Waals surface area (Å²) < 4.78 is 6.49. The van der Waals surface area contributed by atoms with Crippen molar-refractivity contribution in [2.75, 3.05) is 0 Å². The molecule has 0 unspecified atom stereocenters. The first kappa shape index (κ1) is 18.3. The Balaban J connectivity index is 1.77. The van der Waals surface area contributed by atoms with Gasteiger partial charge in [-0.3, -0.25) is 14.4 Å². The molecule has 3 aromatic rings. The quantitative estimate of drug-likeness (QED) is 0.242. The van der Waals surface area contributed by atoms with Gasteiger partial charge in [0.2, 0.25) is 0 Å². The summed E-state index contributed by atoms with van der Waals surface area (Å²) in [6.45, 7) is 3.10. The summed E-state index contributed by atoms with van der Waals surface area (Å²) in [6.07, 6.45) is 0. The first-order valence-electron chi connectivity index (χ1n) is 9.39. The average molecular weight is 449 g/mol. The molecule has 2 aliphatic rings. The van der Waals surface area contributed by atoms with Crippen molar-refractivity contribution in [3.8, 4) is 5.75 Å². The lowest BCUT2D eigenvalue weighted by Crippen LogP contribution is -2.37. The van der Waals surface area contributed by atoms with Crippen LogP contribution in [0, 0.1) is 10.8 Å². The van der Waals surface area contributed by atoms with Crippen LogP contribution in [0.15, 0.2) is 65.1 Å². The summed E-state index contributed by atoms with van der Waals surface area (Å²) in [5.74, 6) is -1.30. The summed E-state index contributed by atoms with van der Waals surface area (Å²) in [6, 6.07) is 18.4. The molecule has 1 saturated carbocycles. The number of halogens is 1. The normalized spacial score (nSPS) is 27.0. The lowest BCUT2D eigenvalue weighted by atomic mass is 9.85. The Kier molecular flexibility index (Phi) is 3.69. The van der Waals surface area contributed by atoms with Crippen LogP contribution in [-0.2, 0) is 9.59 Å². The van der Waals surface area contributed by atoms with Crippen LogP contribution in [0.25, 0.3) is 10.8 Å². The molecular weight excluding hydrogens is 432 g/mol. The van der Waals surface area contributed by atoms with Crippen molar-refractivity contribution < 1.29 is 19.1 Å². The molecule has 1 aliphatic heterocycles. The molecule has 0 amide bonds. The minimum Gasteiger partial charge on any atom is -0.425 e. The zero-order valence-corrected chi connectivity index (χ0v) is 17.4. The van der Waals surface area contributed by atoms with Crippen LogP contribution >= 0.6 is 15.9 Å². The first-order valence-corrected chi connectivity index (χ1v) is 10.2. The van der Waals surface area contributed by atoms with Gasteiger partial charge in [0.1, 0.15) is 16.9 Å². The van der Waals surface area contributed by atoms with E-state index in [1.54, 1.807) is 37.3 Å². The Morgan fingerprint density at radius 3 is 2.38 bits per heavy atom. The van der Waals surface area contributed by atoms with Crippen LogP contribution in [0.3, 0.4) is 0 Å². The van der Waals surface area contributed by atoms with E-state index in [0.29, 0.717) is 11.3 Å². The number of ether oxygens (including phenoxy) is 1. The highest BCUT2D eigenvalue weighted by molar-refractivity contribution is 9.10. The van der Waals surface area contributed by atoms with Crippen molar-refractivity contribution in [1.29, 1.82) is 0 Å². The van der Waals surface area contributed by atoms with E-state index in [0.717, 1.165) is 20.8 Å². The fraction of sp³-hybridized carbons (Fsp3) is 0.208. The highest BCUT2D eigenvalue weighted by atomic mass is 79.9. The van der Waals surface area contributed by atoms with E-state index in [9.17, 15) is 14.4 Å². The summed E-state index contributed by atoms with van der Waals surface area (Å²) >= 11 is 3.37. The van der Waals surface area contributed by atoms with Crippen LogP contribution < -0.4 is 4.74 Å². The summed E-state index contributed by atoms with van der Waals surface area (Å²) in [7, 11) is 0. The van der Waals surface area contributed by atoms with Gasteiger partial charge in [-0.1, -0.05) is 65.3 Å². The lowest BCUT2D eigenvalue weighted by molar-refractivity contribution is -0.147. The number of esters is 1. The van der Waals surface area contributed by atoms with Gasteiger partial charge >= 0.3 is 5.97 Å². The van der Waals surface area contributed by atoms with E-state index < -0.39 is 22.7 Å². The summed E-state index contributed by atoms with van der Waals surface area (Å²) in [4.78, 5) is 39.6. The Labute approximate surface area is 176 Å². The first-order chi connectivity index (χ1) is 13.8. The third kappa shape index (κ3) is 2.11. The van der Waals surface area contributed by atoms with Crippen LogP contribution in [0.1, 0.15) is 35.7 Å². The molecule has 1 aliphatic carbocycles. The van der Waals surface area contributed by atoms with Gasteiger partial charge in [-0.05, 0) is 35.9 Å². The van der Waals surface area contributed by atoms with Gasteiger partial charge in [-0.25, -0.2) is 0 Å². The van der Waals surface area contributed by atoms with Gasteiger partial charge in [-0.15, -0.1) is 0 Å². The predicted molar refractivity (Wildman–Crippen MR) is 112 cm³/mol. The van der Waals surface area contributed by atoms with Crippen LogP contribution in [0.5, 0.6) is 5.75 Å². The summed E-state index contributed by atoms with van der Waals surface area (Å²) in [5.41, 5.74) is -1.45. The van der Waals surface area contributed by atoms with Gasteiger partial charge in [0.05, 0.1) is 5.41 Å². The highest BCUT2D eigenvalue weighted by Gasteiger charge is 2.86. The van der Waals surface area contributed by atoms with Crippen LogP contribution in [0.4, 0.5) is 0 Å². The number of rotatable bonds is 3. The molecule has 0 spiro atoms. The molecule has 0 aromatic heterocycles. The standard InChI is InChI=1S/C24H17BrO4/c1-13(26)24-20(23(24,2)21(27)15-7-10-16(25)11-8-15)19-17-6-4-3-5-14(17)9-12-18(19)29-22(24)28/h3-12,20H,1-2H3/t20-,23+,24-/m1/s1. The molecule has 0 bridgehead atoms. The number of fused-ring (bicyclic) bond motifs is 5. The fourth-order valence-corrected chi connectivity index (χ4v) is 5.49. The molecule has 29 heavy (non-hydrogen) atoms. The molecule has 3 aromatic carbocycles. The zero-order chi connectivity index (χ0) is 20.6. The third-order valence-corrected chi connectivity index (χ3v) is 7.15.